The van der Waals surface area contributed by atoms with E-state index >= 15 is 0 Å². The number of sulfonamides is 1. The highest BCUT2D eigenvalue weighted by molar-refractivity contribution is 7.89. The largest absolute Gasteiger partial charge is 0.312 e. The summed E-state index contributed by atoms with van der Waals surface area (Å²) < 4.78 is 27.5. The molecule has 0 saturated carbocycles. The van der Waals surface area contributed by atoms with Gasteiger partial charge < -0.3 is 5.32 Å². The van der Waals surface area contributed by atoms with Crippen LogP contribution < -0.4 is 10.0 Å². The zero-order chi connectivity index (χ0) is 16.0. The van der Waals surface area contributed by atoms with Crippen LogP contribution in [0.4, 0.5) is 0 Å². The maximum Gasteiger partial charge on any atom is 0.240 e. The van der Waals surface area contributed by atoms with Gasteiger partial charge in [-0.1, -0.05) is 18.2 Å². The molecule has 2 N–H and O–H groups in total. The zero-order valence-corrected chi connectivity index (χ0v) is 16.0. The van der Waals surface area contributed by atoms with Crippen molar-refractivity contribution in [1.29, 1.82) is 0 Å². The summed E-state index contributed by atoms with van der Waals surface area (Å²) in [5.41, 5.74) is 0. The highest BCUT2D eigenvalue weighted by atomic mass is 35.5. The average Bonchev–Trinajstić information content (AvgIpc) is 2.50. The van der Waals surface area contributed by atoms with E-state index in [1.165, 1.54) is 0 Å². The molecule has 24 heavy (non-hydrogen) atoms. The molecule has 1 atom stereocenters. The van der Waals surface area contributed by atoms with Crippen molar-refractivity contribution in [2.24, 2.45) is 0 Å². The van der Waals surface area contributed by atoms with E-state index in [9.17, 15) is 8.42 Å². The molecule has 0 aliphatic rings. The lowest BCUT2D eigenvalue weighted by atomic mass is 10.2. The SMILES string of the molecule is C/C=C/CNC[C@H](C)NS(=O)(=O)c1ccc2cnccc2c1.Cl.Cl. The lowest BCUT2D eigenvalue weighted by Gasteiger charge is -2.15. The summed E-state index contributed by atoms with van der Waals surface area (Å²) in [6.45, 7) is 5.08. The average molecular weight is 392 g/mol. The molecular formula is C16H23Cl2N3O2S. The highest BCUT2D eigenvalue weighted by Gasteiger charge is 2.17. The quantitative estimate of drug-likeness (QED) is 0.562. The summed E-state index contributed by atoms with van der Waals surface area (Å²) in [5, 5.41) is 4.94. The molecule has 1 aromatic heterocycles. The maximum atomic E-state index is 12.4. The van der Waals surface area contributed by atoms with Crippen LogP contribution in [0.1, 0.15) is 13.8 Å². The monoisotopic (exact) mass is 391 g/mol. The summed E-state index contributed by atoms with van der Waals surface area (Å²) in [7, 11) is -3.52. The third-order valence-electron chi connectivity index (χ3n) is 3.23. The van der Waals surface area contributed by atoms with Crippen molar-refractivity contribution in [1.82, 2.24) is 15.0 Å². The molecule has 0 aliphatic carbocycles. The number of allylic oxidation sites excluding steroid dienone is 1. The predicted molar refractivity (Wildman–Crippen MR) is 104 cm³/mol. The molecule has 1 aromatic carbocycles. The van der Waals surface area contributed by atoms with E-state index in [1.807, 2.05) is 26.0 Å². The van der Waals surface area contributed by atoms with E-state index in [0.717, 1.165) is 17.3 Å². The number of rotatable bonds is 7. The van der Waals surface area contributed by atoms with E-state index in [1.54, 1.807) is 36.7 Å². The Hall–Kier alpha value is -1.18. The second-order valence-electron chi connectivity index (χ2n) is 5.13. The fourth-order valence-corrected chi connectivity index (χ4v) is 3.38. The molecule has 0 unspecified atom stereocenters. The van der Waals surface area contributed by atoms with Crippen LogP contribution in [0, 0.1) is 0 Å². The summed E-state index contributed by atoms with van der Waals surface area (Å²) in [4.78, 5) is 4.29. The van der Waals surface area contributed by atoms with Crippen LogP contribution in [-0.4, -0.2) is 32.5 Å². The number of pyridine rings is 1. The summed E-state index contributed by atoms with van der Waals surface area (Å²) in [5.74, 6) is 0. The van der Waals surface area contributed by atoms with Gasteiger partial charge in [0.2, 0.25) is 10.0 Å². The van der Waals surface area contributed by atoms with Crippen LogP contribution in [0.5, 0.6) is 0 Å². The molecule has 0 amide bonds. The zero-order valence-electron chi connectivity index (χ0n) is 13.6. The minimum absolute atomic E-state index is 0. The third kappa shape index (κ3) is 6.37. The Balaban J connectivity index is 0.00000264. The molecule has 0 saturated heterocycles. The van der Waals surface area contributed by atoms with Gasteiger partial charge >= 0.3 is 0 Å². The fourth-order valence-electron chi connectivity index (χ4n) is 2.10. The van der Waals surface area contributed by atoms with Crippen molar-refractivity contribution in [3.05, 3.63) is 48.8 Å². The maximum absolute atomic E-state index is 12.4. The molecule has 0 aliphatic heterocycles. The number of halogens is 2. The van der Waals surface area contributed by atoms with Crippen molar-refractivity contribution in [3.63, 3.8) is 0 Å². The van der Waals surface area contributed by atoms with Gasteiger partial charge in [-0.2, -0.15) is 0 Å². The number of aromatic nitrogens is 1. The summed E-state index contributed by atoms with van der Waals surface area (Å²) in [6.07, 6.45) is 7.30. The molecule has 8 heteroatoms. The molecule has 0 spiro atoms. The Labute approximate surface area is 155 Å². The first-order valence-corrected chi connectivity index (χ1v) is 8.69. The van der Waals surface area contributed by atoms with E-state index in [0.29, 0.717) is 6.54 Å². The minimum Gasteiger partial charge on any atom is -0.312 e. The lowest BCUT2D eigenvalue weighted by molar-refractivity contribution is 0.545. The molecule has 0 radical (unpaired) electrons. The third-order valence-corrected chi connectivity index (χ3v) is 4.81. The molecule has 5 nitrogen and oxygen atoms in total. The normalized spacial score (nSPS) is 12.6. The standard InChI is InChI=1S/C16H21N3O2S.2ClH/c1-3-4-8-17-11-13(2)19-22(20,21)16-6-5-15-12-18-9-7-14(15)10-16;;/h3-7,9-10,12-13,17,19H,8,11H2,1-2H3;2*1H/b4-3+;;/t13-;;/m0../s1. The van der Waals surface area contributed by atoms with Gasteiger partial charge in [-0.25, -0.2) is 13.1 Å². The number of benzene rings is 1. The van der Waals surface area contributed by atoms with Gasteiger partial charge in [0.15, 0.2) is 0 Å². The molecule has 2 aromatic rings. The number of fused-ring (bicyclic) bond motifs is 1. The van der Waals surface area contributed by atoms with Crippen LogP contribution in [0.25, 0.3) is 10.8 Å². The smallest absolute Gasteiger partial charge is 0.240 e. The van der Waals surface area contributed by atoms with Gasteiger partial charge in [-0.3, -0.25) is 4.98 Å². The minimum atomic E-state index is -3.52. The number of hydrogen-bond acceptors (Lipinski definition) is 4. The summed E-state index contributed by atoms with van der Waals surface area (Å²) in [6, 6.07) is 6.65. The van der Waals surface area contributed by atoms with Crippen LogP contribution in [0.3, 0.4) is 0 Å². The molecule has 0 bridgehead atoms. The van der Waals surface area contributed by atoms with Crippen molar-refractivity contribution in [2.75, 3.05) is 13.1 Å². The Morgan fingerprint density at radius 3 is 2.67 bits per heavy atom. The topological polar surface area (TPSA) is 71.1 Å². The number of nitrogens with one attached hydrogen (secondary N) is 2. The first-order chi connectivity index (χ1) is 10.5. The molecule has 0 fully saturated rings. The first kappa shape index (κ1) is 22.8. The van der Waals surface area contributed by atoms with E-state index in [2.05, 4.69) is 15.0 Å². The lowest BCUT2D eigenvalue weighted by Crippen LogP contribution is -2.39. The predicted octanol–water partition coefficient (Wildman–Crippen LogP) is 2.91. The number of nitrogens with zero attached hydrogens (tertiary/aromatic N) is 1. The van der Waals surface area contributed by atoms with Gasteiger partial charge in [0, 0.05) is 36.9 Å². The molecule has 2 rings (SSSR count). The Morgan fingerprint density at radius 2 is 1.96 bits per heavy atom. The Bertz CT molecular complexity index is 767. The highest BCUT2D eigenvalue weighted by Crippen LogP contribution is 2.18. The van der Waals surface area contributed by atoms with Crippen LogP contribution in [-0.2, 0) is 10.0 Å². The van der Waals surface area contributed by atoms with Gasteiger partial charge in [0.25, 0.3) is 0 Å². The van der Waals surface area contributed by atoms with Gasteiger partial charge in [-0.05, 0) is 37.4 Å². The Kier molecular flexibility index (Phi) is 10.1. The van der Waals surface area contributed by atoms with Crippen molar-refractivity contribution < 1.29 is 8.42 Å². The van der Waals surface area contributed by atoms with Crippen molar-refractivity contribution >= 4 is 45.6 Å². The van der Waals surface area contributed by atoms with Gasteiger partial charge in [0.1, 0.15) is 0 Å². The van der Waals surface area contributed by atoms with Crippen LogP contribution in [0.15, 0.2) is 53.7 Å². The second kappa shape index (κ2) is 10.6. The van der Waals surface area contributed by atoms with E-state index in [-0.39, 0.29) is 35.8 Å². The van der Waals surface area contributed by atoms with Crippen LogP contribution >= 0.6 is 24.8 Å². The molecule has 134 valence electrons. The number of hydrogen-bond donors (Lipinski definition) is 2. The van der Waals surface area contributed by atoms with Crippen molar-refractivity contribution in [3.8, 4) is 0 Å². The fraction of sp³-hybridized carbons (Fsp3) is 0.312. The Morgan fingerprint density at radius 1 is 1.21 bits per heavy atom. The van der Waals surface area contributed by atoms with E-state index < -0.39 is 10.0 Å². The molecular weight excluding hydrogens is 369 g/mol. The van der Waals surface area contributed by atoms with Crippen LogP contribution in [0.2, 0.25) is 0 Å². The first-order valence-electron chi connectivity index (χ1n) is 7.21. The summed E-state index contributed by atoms with van der Waals surface area (Å²) >= 11 is 0. The van der Waals surface area contributed by atoms with Gasteiger partial charge in [0.05, 0.1) is 4.90 Å². The molecule has 1 heterocycles. The van der Waals surface area contributed by atoms with E-state index in [4.69, 9.17) is 0 Å². The van der Waals surface area contributed by atoms with Gasteiger partial charge in [-0.15, -0.1) is 24.8 Å². The van der Waals surface area contributed by atoms with Crippen molar-refractivity contribution in [2.45, 2.75) is 24.8 Å². The second-order valence-corrected chi connectivity index (χ2v) is 6.85.